The molecular weight excluding hydrogens is 366 g/mol. The zero-order valence-electron chi connectivity index (χ0n) is 15.3. The summed E-state index contributed by atoms with van der Waals surface area (Å²) in [6.07, 6.45) is 3.00. The van der Waals surface area contributed by atoms with Gasteiger partial charge in [-0.2, -0.15) is 5.10 Å². The van der Waals surface area contributed by atoms with Gasteiger partial charge in [-0.15, -0.1) is 0 Å². The number of anilines is 2. The summed E-state index contributed by atoms with van der Waals surface area (Å²) in [6.45, 7) is 0. The van der Waals surface area contributed by atoms with Crippen LogP contribution < -0.4 is 10.6 Å². The Morgan fingerprint density at radius 2 is 1.38 bits per heavy atom. The highest BCUT2D eigenvalue weighted by Crippen LogP contribution is 2.20. The highest BCUT2D eigenvalue weighted by molar-refractivity contribution is 6.06. The van der Waals surface area contributed by atoms with E-state index in [0.29, 0.717) is 28.2 Å². The summed E-state index contributed by atoms with van der Waals surface area (Å²) >= 11 is 0. The molecule has 4 aromatic rings. The first-order valence-electron chi connectivity index (χ1n) is 8.92. The van der Waals surface area contributed by atoms with Gasteiger partial charge in [-0.1, -0.05) is 30.3 Å². The topological polar surface area (TPSA) is 88.9 Å². The Bertz CT molecular complexity index is 1120. The molecule has 7 nitrogen and oxygen atoms in total. The average molecular weight is 383 g/mol. The average Bonchev–Trinajstić information content (AvgIpc) is 3.30. The van der Waals surface area contributed by atoms with Crippen LogP contribution in [-0.2, 0) is 0 Å². The maximum Gasteiger partial charge on any atom is 0.255 e. The first-order chi connectivity index (χ1) is 14.2. The fraction of sp³-hybridized carbons (Fsp3) is 0. The second-order valence-electron chi connectivity index (χ2n) is 6.21. The number of carbonyl (C=O) groups is 2. The van der Waals surface area contributed by atoms with Crippen LogP contribution in [0.2, 0.25) is 0 Å². The standard InChI is InChI=1S/C22H17N5O2/c28-21(16-6-2-1-3-7-16)25-18-12-10-17(11-13-18)22(29)26-19-8-4-5-9-20(19)27-15-23-14-24-27/h1-15H,(H,25,28)(H,26,29). The maximum absolute atomic E-state index is 12.6. The quantitative estimate of drug-likeness (QED) is 0.549. The van der Waals surface area contributed by atoms with E-state index in [1.54, 1.807) is 65.6 Å². The Morgan fingerprint density at radius 1 is 0.724 bits per heavy atom. The molecule has 0 fully saturated rings. The number of benzene rings is 3. The van der Waals surface area contributed by atoms with Crippen LogP contribution >= 0.6 is 0 Å². The number of hydrogen-bond acceptors (Lipinski definition) is 4. The van der Waals surface area contributed by atoms with Crippen molar-refractivity contribution in [2.24, 2.45) is 0 Å². The van der Waals surface area contributed by atoms with Crippen LogP contribution in [0.3, 0.4) is 0 Å². The van der Waals surface area contributed by atoms with Gasteiger partial charge in [0.1, 0.15) is 12.7 Å². The van der Waals surface area contributed by atoms with Crippen LogP contribution in [0, 0.1) is 0 Å². The van der Waals surface area contributed by atoms with Gasteiger partial charge in [0.2, 0.25) is 0 Å². The third-order valence-electron chi connectivity index (χ3n) is 4.26. The van der Waals surface area contributed by atoms with Crippen LogP contribution in [0.25, 0.3) is 5.69 Å². The fourth-order valence-corrected chi connectivity index (χ4v) is 2.80. The number of nitrogens with zero attached hydrogens (tertiary/aromatic N) is 3. The van der Waals surface area contributed by atoms with Gasteiger partial charge >= 0.3 is 0 Å². The minimum absolute atomic E-state index is 0.204. The van der Waals surface area contributed by atoms with E-state index in [9.17, 15) is 9.59 Å². The van der Waals surface area contributed by atoms with Crippen molar-refractivity contribution in [2.45, 2.75) is 0 Å². The number of para-hydroxylation sites is 2. The van der Waals surface area contributed by atoms with Crippen molar-refractivity contribution in [3.63, 3.8) is 0 Å². The number of aromatic nitrogens is 3. The van der Waals surface area contributed by atoms with Crippen LogP contribution in [-0.4, -0.2) is 26.6 Å². The van der Waals surface area contributed by atoms with E-state index in [1.165, 1.54) is 6.33 Å². The SMILES string of the molecule is O=C(Nc1ccc(C(=O)Nc2ccccc2-n2cncn2)cc1)c1ccccc1. The Balaban J connectivity index is 1.46. The van der Waals surface area contributed by atoms with Gasteiger partial charge in [0.25, 0.3) is 11.8 Å². The molecule has 2 amide bonds. The predicted octanol–water partition coefficient (Wildman–Crippen LogP) is 3.77. The van der Waals surface area contributed by atoms with Crippen molar-refractivity contribution in [2.75, 3.05) is 10.6 Å². The van der Waals surface area contributed by atoms with Gasteiger partial charge in [0, 0.05) is 16.8 Å². The Kier molecular flexibility index (Phi) is 5.11. The van der Waals surface area contributed by atoms with Crippen molar-refractivity contribution >= 4 is 23.2 Å². The first kappa shape index (κ1) is 18.1. The molecule has 0 aliphatic rings. The summed E-state index contributed by atoms with van der Waals surface area (Å²) in [6, 6.07) is 23.0. The summed E-state index contributed by atoms with van der Waals surface area (Å²) in [4.78, 5) is 28.8. The summed E-state index contributed by atoms with van der Waals surface area (Å²) in [7, 11) is 0. The second-order valence-corrected chi connectivity index (χ2v) is 6.21. The van der Waals surface area contributed by atoms with E-state index in [-0.39, 0.29) is 11.8 Å². The van der Waals surface area contributed by atoms with Gasteiger partial charge < -0.3 is 10.6 Å². The van der Waals surface area contributed by atoms with E-state index in [4.69, 9.17) is 0 Å². The number of hydrogen-bond donors (Lipinski definition) is 2. The van der Waals surface area contributed by atoms with Gasteiger partial charge in [-0.25, -0.2) is 9.67 Å². The molecule has 142 valence electrons. The lowest BCUT2D eigenvalue weighted by Gasteiger charge is -2.11. The fourth-order valence-electron chi connectivity index (χ4n) is 2.80. The maximum atomic E-state index is 12.6. The molecule has 0 aliphatic carbocycles. The summed E-state index contributed by atoms with van der Waals surface area (Å²) in [5, 5.41) is 9.80. The van der Waals surface area contributed by atoms with E-state index >= 15 is 0 Å². The van der Waals surface area contributed by atoms with Crippen molar-refractivity contribution in [3.05, 3.63) is 103 Å². The molecule has 0 atom stereocenters. The van der Waals surface area contributed by atoms with Gasteiger partial charge in [0.05, 0.1) is 11.4 Å². The summed E-state index contributed by atoms with van der Waals surface area (Å²) in [5.74, 6) is -0.469. The van der Waals surface area contributed by atoms with E-state index in [1.807, 2.05) is 24.3 Å². The zero-order chi connectivity index (χ0) is 20.1. The van der Waals surface area contributed by atoms with Crippen molar-refractivity contribution in [1.82, 2.24) is 14.8 Å². The molecule has 0 unspecified atom stereocenters. The third-order valence-corrected chi connectivity index (χ3v) is 4.26. The lowest BCUT2D eigenvalue weighted by atomic mass is 10.1. The van der Waals surface area contributed by atoms with Gasteiger partial charge in [-0.3, -0.25) is 9.59 Å². The third kappa shape index (κ3) is 4.19. The zero-order valence-corrected chi connectivity index (χ0v) is 15.3. The number of nitrogens with one attached hydrogen (secondary N) is 2. The van der Waals surface area contributed by atoms with E-state index < -0.39 is 0 Å². The monoisotopic (exact) mass is 383 g/mol. The molecule has 0 saturated heterocycles. The number of carbonyl (C=O) groups excluding carboxylic acids is 2. The lowest BCUT2D eigenvalue weighted by molar-refractivity contribution is 0.102. The predicted molar refractivity (Wildman–Crippen MR) is 110 cm³/mol. The molecule has 1 heterocycles. The Hall–Kier alpha value is -4.26. The largest absolute Gasteiger partial charge is 0.322 e. The highest BCUT2D eigenvalue weighted by atomic mass is 16.2. The van der Waals surface area contributed by atoms with Crippen LogP contribution in [0.15, 0.2) is 91.5 Å². The minimum atomic E-state index is -0.265. The molecule has 3 aromatic carbocycles. The summed E-state index contributed by atoms with van der Waals surface area (Å²) in [5.41, 5.74) is 2.98. The number of amides is 2. The number of rotatable bonds is 5. The van der Waals surface area contributed by atoms with Gasteiger partial charge in [-0.05, 0) is 48.5 Å². The van der Waals surface area contributed by atoms with Crippen molar-refractivity contribution < 1.29 is 9.59 Å². The molecule has 4 rings (SSSR count). The molecule has 29 heavy (non-hydrogen) atoms. The molecule has 0 saturated carbocycles. The molecule has 0 bridgehead atoms. The van der Waals surface area contributed by atoms with Crippen molar-refractivity contribution in [1.29, 1.82) is 0 Å². The lowest BCUT2D eigenvalue weighted by Crippen LogP contribution is -2.15. The van der Waals surface area contributed by atoms with Crippen molar-refractivity contribution in [3.8, 4) is 5.69 Å². The molecule has 0 radical (unpaired) electrons. The van der Waals surface area contributed by atoms with Crippen LogP contribution in [0.1, 0.15) is 20.7 Å². The molecule has 1 aromatic heterocycles. The smallest absolute Gasteiger partial charge is 0.255 e. The molecule has 2 N–H and O–H groups in total. The van der Waals surface area contributed by atoms with Gasteiger partial charge in [0.15, 0.2) is 0 Å². The van der Waals surface area contributed by atoms with Crippen LogP contribution in [0.5, 0.6) is 0 Å². The minimum Gasteiger partial charge on any atom is -0.322 e. The summed E-state index contributed by atoms with van der Waals surface area (Å²) < 4.78 is 1.58. The molecular formula is C22H17N5O2. The van der Waals surface area contributed by atoms with E-state index in [2.05, 4.69) is 20.7 Å². The molecule has 7 heteroatoms. The Labute approximate surface area is 167 Å². The second kappa shape index (κ2) is 8.18. The Morgan fingerprint density at radius 3 is 2.10 bits per heavy atom. The highest BCUT2D eigenvalue weighted by Gasteiger charge is 2.11. The van der Waals surface area contributed by atoms with E-state index in [0.717, 1.165) is 0 Å². The molecule has 0 aliphatic heterocycles. The normalized spacial score (nSPS) is 10.3. The molecule has 0 spiro atoms. The first-order valence-corrected chi connectivity index (χ1v) is 8.92. The van der Waals surface area contributed by atoms with Crippen LogP contribution in [0.4, 0.5) is 11.4 Å².